The zero-order valence-electron chi connectivity index (χ0n) is 15.2. The third kappa shape index (κ3) is 4.77. The van der Waals surface area contributed by atoms with Crippen LogP contribution in [0.4, 0.5) is 4.39 Å². The van der Waals surface area contributed by atoms with E-state index in [-0.39, 0.29) is 31.1 Å². The molecule has 0 atom stereocenters. The molecule has 0 unspecified atom stereocenters. The van der Waals surface area contributed by atoms with E-state index in [0.29, 0.717) is 5.02 Å². The van der Waals surface area contributed by atoms with Gasteiger partial charge in [0.2, 0.25) is 15.9 Å². The van der Waals surface area contributed by atoms with Gasteiger partial charge in [0, 0.05) is 31.2 Å². The monoisotopic (exact) mass is 460 g/mol. The predicted molar refractivity (Wildman–Crippen MR) is 105 cm³/mol. The molecule has 1 saturated heterocycles. The van der Waals surface area contributed by atoms with Gasteiger partial charge in [-0.15, -0.1) is 0 Å². The molecule has 0 bridgehead atoms. The van der Waals surface area contributed by atoms with Crippen LogP contribution < -0.4 is 0 Å². The molecular formula is C18H18ClFN2O5S2. The maximum Gasteiger partial charge on any atom is 0.246 e. The van der Waals surface area contributed by atoms with Gasteiger partial charge in [-0.05, 0) is 36.4 Å². The fourth-order valence-electron chi connectivity index (χ4n) is 2.95. The zero-order chi connectivity index (χ0) is 21.2. The van der Waals surface area contributed by atoms with E-state index >= 15 is 0 Å². The molecule has 2 aromatic rings. The van der Waals surface area contributed by atoms with Crippen LogP contribution in [-0.2, 0) is 24.7 Å². The van der Waals surface area contributed by atoms with Gasteiger partial charge in [-0.25, -0.2) is 21.2 Å². The second kappa shape index (κ2) is 8.39. The van der Waals surface area contributed by atoms with E-state index < -0.39 is 42.2 Å². The third-order valence-corrected chi connectivity index (χ3v) is 8.33. The number of hydrogen-bond donors (Lipinski definition) is 0. The van der Waals surface area contributed by atoms with Crippen LogP contribution in [0.15, 0.2) is 58.3 Å². The van der Waals surface area contributed by atoms with Crippen molar-refractivity contribution in [1.82, 2.24) is 9.21 Å². The first-order chi connectivity index (χ1) is 13.6. The number of carbonyl (C=O) groups is 1. The molecule has 0 saturated carbocycles. The Morgan fingerprint density at radius 1 is 0.931 bits per heavy atom. The summed E-state index contributed by atoms with van der Waals surface area (Å²) in [4.78, 5) is 13.3. The summed E-state index contributed by atoms with van der Waals surface area (Å²) in [5.74, 6) is -2.20. The number of benzene rings is 2. The molecule has 0 aromatic heterocycles. The van der Waals surface area contributed by atoms with Crippen LogP contribution in [0.25, 0.3) is 0 Å². The van der Waals surface area contributed by atoms with E-state index in [9.17, 15) is 26.0 Å². The molecule has 11 heteroatoms. The van der Waals surface area contributed by atoms with E-state index in [1.807, 2.05) is 0 Å². The Morgan fingerprint density at radius 2 is 1.52 bits per heavy atom. The van der Waals surface area contributed by atoms with Gasteiger partial charge in [0.15, 0.2) is 9.84 Å². The summed E-state index contributed by atoms with van der Waals surface area (Å²) in [6, 6.07) is 10.6. The van der Waals surface area contributed by atoms with Crippen molar-refractivity contribution in [3.8, 4) is 0 Å². The smallest absolute Gasteiger partial charge is 0.246 e. The van der Waals surface area contributed by atoms with E-state index in [0.717, 1.165) is 10.4 Å². The number of sulfone groups is 1. The topological polar surface area (TPSA) is 91.8 Å². The standard InChI is InChI=1S/C18H18ClFN2O5S2/c19-14-5-7-15(8-6-14)28(24,25)13-18(23)21-9-11-22(12-10-21)29(26,27)17-4-2-1-3-16(17)20/h1-8H,9-13H2. The van der Waals surface area contributed by atoms with Gasteiger partial charge < -0.3 is 4.90 Å². The minimum Gasteiger partial charge on any atom is -0.339 e. The van der Waals surface area contributed by atoms with Gasteiger partial charge in [-0.1, -0.05) is 23.7 Å². The van der Waals surface area contributed by atoms with E-state index in [1.165, 1.54) is 47.4 Å². The molecule has 7 nitrogen and oxygen atoms in total. The van der Waals surface area contributed by atoms with Crippen molar-refractivity contribution in [1.29, 1.82) is 0 Å². The van der Waals surface area contributed by atoms with E-state index in [4.69, 9.17) is 11.6 Å². The minimum atomic E-state index is -4.03. The summed E-state index contributed by atoms with van der Waals surface area (Å²) >= 11 is 5.75. The average molecular weight is 461 g/mol. The predicted octanol–water partition coefficient (Wildman–Crippen LogP) is 1.79. The number of carbonyl (C=O) groups excluding carboxylic acids is 1. The van der Waals surface area contributed by atoms with Crippen LogP contribution in [0.2, 0.25) is 5.02 Å². The first kappa shape index (κ1) is 21.7. The van der Waals surface area contributed by atoms with Crippen LogP contribution in [0.3, 0.4) is 0 Å². The molecule has 0 N–H and O–H groups in total. The first-order valence-electron chi connectivity index (χ1n) is 8.62. The van der Waals surface area contributed by atoms with Crippen LogP contribution >= 0.6 is 11.6 Å². The highest BCUT2D eigenvalue weighted by Gasteiger charge is 2.33. The fourth-order valence-corrected chi connectivity index (χ4v) is 5.79. The van der Waals surface area contributed by atoms with Crippen LogP contribution in [0, 0.1) is 5.82 Å². The number of amides is 1. The second-order valence-corrected chi connectivity index (χ2v) is 10.8. The summed E-state index contributed by atoms with van der Waals surface area (Å²) in [5.41, 5.74) is 0. The lowest BCUT2D eigenvalue weighted by atomic mass is 10.3. The number of piperazine rings is 1. The highest BCUT2D eigenvalue weighted by Crippen LogP contribution is 2.21. The Labute approximate surface area is 173 Å². The SMILES string of the molecule is O=C(CS(=O)(=O)c1ccc(Cl)cc1)N1CCN(S(=O)(=O)c2ccccc2F)CC1. The van der Waals surface area contributed by atoms with Crippen molar-refractivity contribution in [2.45, 2.75) is 9.79 Å². The van der Waals surface area contributed by atoms with E-state index in [2.05, 4.69) is 0 Å². The van der Waals surface area contributed by atoms with Crippen molar-refractivity contribution < 1.29 is 26.0 Å². The highest BCUT2D eigenvalue weighted by atomic mass is 35.5. The molecule has 1 aliphatic heterocycles. The summed E-state index contributed by atoms with van der Waals surface area (Å²) in [6.45, 7) is -0.0713. The Hall–Kier alpha value is -2.01. The maximum absolute atomic E-state index is 13.9. The number of nitrogens with zero attached hydrogens (tertiary/aromatic N) is 2. The maximum atomic E-state index is 13.9. The van der Waals surface area contributed by atoms with Crippen LogP contribution in [0.5, 0.6) is 0 Å². The molecule has 0 aliphatic carbocycles. The van der Waals surface area contributed by atoms with Gasteiger partial charge in [0.05, 0.1) is 4.90 Å². The molecule has 2 aromatic carbocycles. The lowest BCUT2D eigenvalue weighted by Gasteiger charge is -2.34. The Balaban J connectivity index is 1.65. The molecule has 0 spiro atoms. The molecular weight excluding hydrogens is 443 g/mol. The zero-order valence-corrected chi connectivity index (χ0v) is 17.6. The summed E-state index contributed by atoms with van der Waals surface area (Å²) < 4.78 is 65.0. The van der Waals surface area contributed by atoms with Crippen LogP contribution in [-0.4, -0.2) is 63.9 Å². The summed E-state index contributed by atoms with van der Waals surface area (Å²) in [5, 5.41) is 0.377. The number of hydrogen-bond acceptors (Lipinski definition) is 5. The number of sulfonamides is 1. The molecule has 1 fully saturated rings. The Morgan fingerprint density at radius 3 is 2.10 bits per heavy atom. The number of halogens is 2. The van der Waals surface area contributed by atoms with Crippen LogP contribution in [0.1, 0.15) is 0 Å². The van der Waals surface area contributed by atoms with Crippen molar-refractivity contribution in [2.24, 2.45) is 0 Å². The van der Waals surface area contributed by atoms with Gasteiger partial charge in [-0.3, -0.25) is 4.79 Å². The molecule has 29 heavy (non-hydrogen) atoms. The molecule has 156 valence electrons. The van der Waals surface area contributed by atoms with Crippen molar-refractivity contribution in [3.05, 3.63) is 59.4 Å². The lowest BCUT2D eigenvalue weighted by molar-refractivity contribution is -0.129. The first-order valence-corrected chi connectivity index (χ1v) is 12.1. The van der Waals surface area contributed by atoms with Gasteiger partial charge in [-0.2, -0.15) is 4.31 Å². The molecule has 1 amide bonds. The van der Waals surface area contributed by atoms with Gasteiger partial charge in [0.1, 0.15) is 16.5 Å². The van der Waals surface area contributed by atoms with E-state index in [1.54, 1.807) is 0 Å². The van der Waals surface area contributed by atoms with Gasteiger partial charge in [0.25, 0.3) is 0 Å². The van der Waals surface area contributed by atoms with Crippen molar-refractivity contribution in [3.63, 3.8) is 0 Å². The lowest BCUT2D eigenvalue weighted by Crippen LogP contribution is -2.51. The largest absolute Gasteiger partial charge is 0.339 e. The average Bonchev–Trinajstić information content (AvgIpc) is 2.68. The number of rotatable bonds is 5. The Bertz CT molecular complexity index is 1110. The van der Waals surface area contributed by atoms with Gasteiger partial charge >= 0.3 is 0 Å². The molecule has 1 aliphatic rings. The second-order valence-electron chi connectivity index (χ2n) is 6.43. The fraction of sp³-hybridized carbons (Fsp3) is 0.278. The normalized spacial score (nSPS) is 16.0. The highest BCUT2D eigenvalue weighted by molar-refractivity contribution is 7.92. The summed E-state index contributed by atoms with van der Waals surface area (Å²) in [7, 11) is -7.88. The van der Waals surface area contributed by atoms with Crippen molar-refractivity contribution in [2.75, 3.05) is 31.9 Å². The molecule has 1 heterocycles. The third-order valence-electron chi connectivity index (χ3n) is 4.53. The summed E-state index contributed by atoms with van der Waals surface area (Å²) in [6.07, 6.45) is 0. The quantitative estimate of drug-likeness (QED) is 0.678. The Kier molecular flexibility index (Phi) is 6.27. The molecule has 0 radical (unpaired) electrons. The minimum absolute atomic E-state index is 0.0165. The molecule has 3 rings (SSSR count). The van der Waals surface area contributed by atoms with Crippen molar-refractivity contribution >= 4 is 37.4 Å².